The number of carbonyl (C=O) groups is 1. The summed E-state index contributed by atoms with van der Waals surface area (Å²) in [6, 6.07) is 10.2. The van der Waals surface area contributed by atoms with Gasteiger partial charge in [-0.2, -0.15) is 0 Å². The van der Waals surface area contributed by atoms with Crippen LogP contribution in [-0.2, 0) is 14.3 Å². The Hall–Kier alpha value is -1.43. The van der Waals surface area contributed by atoms with E-state index in [9.17, 15) is 9.90 Å². The van der Waals surface area contributed by atoms with Gasteiger partial charge < -0.3 is 19.1 Å². The highest BCUT2D eigenvalue weighted by molar-refractivity contribution is 5.76. The third kappa shape index (κ3) is 2.75. The quantitative estimate of drug-likeness (QED) is 0.677. The van der Waals surface area contributed by atoms with Crippen molar-refractivity contribution in [1.82, 2.24) is 0 Å². The Labute approximate surface area is 142 Å². The molecule has 24 heavy (non-hydrogen) atoms. The minimum atomic E-state index is -1.18. The van der Waals surface area contributed by atoms with Crippen molar-refractivity contribution in [3.8, 4) is 0 Å². The molecule has 3 fully saturated rings. The summed E-state index contributed by atoms with van der Waals surface area (Å²) in [4.78, 5) is 12.3. The molecule has 1 N–H and O–H groups in total. The fourth-order valence-corrected chi connectivity index (χ4v) is 5.07. The molecule has 0 aliphatic carbocycles. The zero-order valence-corrected chi connectivity index (χ0v) is 14.0. The Morgan fingerprint density at radius 3 is 2.38 bits per heavy atom. The Morgan fingerprint density at radius 1 is 1.12 bits per heavy atom. The Morgan fingerprint density at radius 2 is 1.75 bits per heavy atom. The molecule has 130 valence electrons. The van der Waals surface area contributed by atoms with Crippen molar-refractivity contribution in [3.63, 3.8) is 0 Å². The van der Waals surface area contributed by atoms with Crippen molar-refractivity contribution in [2.24, 2.45) is 0 Å². The summed E-state index contributed by atoms with van der Waals surface area (Å²) in [7, 11) is 0. The number of rotatable bonds is 3. The van der Waals surface area contributed by atoms with Crippen LogP contribution in [0, 0.1) is 0 Å². The number of aliphatic hydroxyl groups excluding tert-OH is 1. The van der Waals surface area contributed by atoms with Gasteiger partial charge in [0.15, 0.2) is 6.10 Å². The maximum Gasteiger partial charge on any atom is 0.339 e. The molecule has 3 atom stereocenters. The summed E-state index contributed by atoms with van der Waals surface area (Å²) in [5.74, 6) is -0.513. The van der Waals surface area contributed by atoms with E-state index in [1.807, 2.05) is 18.2 Å². The van der Waals surface area contributed by atoms with E-state index in [4.69, 9.17) is 9.47 Å². The molecule has 5 heteroatoms. The molecule has 1 spiro atoms. The lowest BCUT2D eigenvalue weighted by atomic mass is 9.95. The van der Waals surface area contributed by atoms with Crippen LogP contribution < -0.4 is 0 Å². The van der Waals surface area contributed by atoms with Crippen LogP contribution in [0.4, 0.5) is 0 Å². The van der Waals surface area contributed by atoms with Crippen LogP contribution in [0.3, 0.4) is 0 Å². The summed E-state index contributed by atoms with van der Waals surface area (Å²) >= 11 is 0. The number of morpholine rings is 1. The van der Waals surface area contributed by atoms with Gasteiger partial charge in [-0.1, -0.05) is 30.3 Å². The number of piperidine rings is 1. The average Bonchev–Trinajstić information content (AvgIpc) is 2.81. The molecule has 3 aliphatic heterocycles. The Bertz CT molecular complexity index is 568. The lowest BCUT2D eigenvalue weighted by Crippen LogP contribution is -2.65. The van der Waals surface area contributed by atoms with E-state index < -0.39 is 12.1 Å². The number of ether oxygens (including phenoxy) is 2. The highest BCUT2D eigenvalue weighted by Gasteiger charge is 2.55. The van der Waals surface area contributed by atoms with E-state index in [2.05, 4.69) is 0 Å². The molecule has 0 saturated carbocycles. The van der Waals surface area contributed by atoms with Gasteiger partial charge in [-0.05, 0) is 5.56 Å². The maximum atomic E-state index is 12.3. The minimum Gasteiger partial charge on any atom is -0.460 e. The zero-order valence-electron chi connectivity index (χ0n) is 14.0. The van der Waals surface area contributed by atoms with Gasteiger partial charge in [0.25, 0.3) is 0 Å². The molecule has 0 radical (unpaired) electrons. The first-order valence-electron chi connectivity index (χ1n) is 9.07. The normalized spacial score (nSPS) is 32.5. The Balaban J connectivity index is 1.40. The van der Waals surface area contributed by atoms with Gasteiger partial charge in [-0.25, -0.2) is 4.79 Å². The highest BCUT2D eigenvalue weighted by atomic mass is 16.6. The van der Waals surface area contributed by atoms with Gasteiger partial charge in [0, 0.05) is 25.7 Å². The zero-order chi connectivity index (χ0) is 16.6. The van der Waals surface area contributed by atoms with Crippen molar-refractivity contribution in [2.45, 2.75) is 50.0 Å². The lowest BCUT2D eigenvalue weighted by molar-refractivity contribution is -0.972. The molecule has 1 aromatic rings. The molecule has 3 aliphatic rings. The van der Waals surface area contributed by atoms with E-state index >= 15 is 0 Å². The number of benzene rings is 1. The molecule has 3 unspecified atom stereocenters. The van der Waals surface area contributed by atoms with E-state index in [1.165, 1.54) is 17.3 Å². The minimum absolute atomic E-state index is 0.0556. The smallest absolute Gasteiger partial charge is 0.339 e. The van der Waals surface area contributed by atoms with Crippen molar-refractivity contribution in [1.29, 1.82) is 0 Å². The third-order valence-electron chi connectivity index (χ3n) is 6.28. The molecular formula is C19H26NO4+. The van der Waals surface area contributed by atoms with Crippen LogP contribution in [-0.4, -0.2) is 60.0 Å². The third-order valence-corrected chi connectivity index (χ3v) is 6.28. The number of carbonyl (C=O) groups excluding carboxylic acids is 1. The van der Waals surface area contributed by atoms with Crippen LogP contribution in [0.1, 0.15) is 37.4 Å². The van der Waals surface area contributed by atoms with Crippen LogP contribution in [0.5, 0.6) is 0 Å². The Kier molecular flexibility index (Phi) is 4.33. The summed E-state index contributed by atoms with van der Waals surface area (Å²) in [5.41, 5.74) is 0.595. The van der Waals surface area contributed by atoms with Crippen molar-refractivity contribution < 1.29 is 23.9 Å². The van der Waals surface area contributed by atoms with Gasteiger partial charge in [0.1, 0.15) is 19.2 Å². The molecule has 0 amide bonds. The second kappa shape index (κ2) is 6.47. The largest absolute Gasteiger partial charge is 0.460 e. The molecule has 5 nitrogen and oxygen atoms in total. The fourth-order valence-electron chi connectivity index (χ4n) is 5.07. The standard InChI is InChI=1S/C19H26NO4/c21-18(14-4-2-1-3-5-14)19(22)24-17-12-15-6-7-16(13-17)20(15)8-10-23-11-9-20/h1-5,15-18,21H,6-13H2/q+1. The summed E-state index contributed by atoms with van der Waals surface area (Å²) in [5, 5.41) is 10.2. The SMILES string of the molecule is O=C(OC1CC2CCC(C1)[N+]21CCOCC1)C(O)c1ccccc1. The number of nitrogens with zero attached hydrogens (tertiary/aromatic N) is 1. The first kappa shape index (κ1) is 16.1. The fraction of sp³-hybridized carbons (Fsp3) is 0.632. The van der Waals surface area contributed by atoms with Crippen molar-refractivity contribution >= 4 is 5.97 Å². The predicted molar refractivity (Wildman–Crippen MR) is 88.1 cm³/mol. The van der Waals surface area contributed by atoms with E-state index in [0.717, 1.165) is 39.1 Å². The predicted octanol–water partition coefficient (Wildman–Crippen LogP) is 1.80. The number of aliphatic hydroxyl groups is 1. The topological polar surface area (TPSA) is 55.8 Å². The summed E-state index contributed by atoms with van der Waals surface area (Å²) in [6.45, 7) is 3.90. The van der Waals surface area contributed by atoms with Gasteiger partial charge in [-0.15, -0.1) is 0 Å². The van der Waals surface area contributed by atoms with Gasteiger partial charge in [-0.3, -0.25) is 0 Å². The number of quaternary nitrogens is 1. The van der Waals surface area contributed by atoms with Crippen LogP contribution in [0.2, 0.25) is 0 Å². The second-order valence-electron chi connectivity index (χ2n) is 7.39. The molecule has 4 rings (SSSR count). The summed E-state index contributed by atoms with van der Waals surface area (Å²) < 4.78 is 12.4. The van der Waals surface area contributed by atoms with E-state index in [-0.39, 0.29) is 6.10 Å². The molecule has 3 saturated heterocycles. The van der Waals surface area contributed by atoms with Crippen LogP contribution in [0.15, 0.2) is 30.3 Å². The summed E-state index contributed by atoms with van der Waals surface area (Å²) in [6.07, 6.45) is 3.05. The molecule has 0 aromatic heterocycles. The van der Waals surface area contributed by atoms with Crippen molar-refractivity contribution in [3.05, 3.63) is 35.9 Å². The van der Waals surface area contributed by atoms with E-state index in [1.54, 1.807) is 12.1 Å². The lowest BCUT2D eigenvalue weighted by Gasteiger charge is -2.51. The first-order valence-corrected chi connectivity index (χ1v) is 9.07. The number of esters is 1. The monoisotopic (exact) mass is 332 g/mol. The molecule has 1 aromatic carbocycles. The maximum absolute atomic E-state index is 12.3. The van der Waals surface area contributed by atoms with Crippen LogP contribution in [0.25, 0.3) is 0 Å². The van der Waals surface area contributed by atoms with Gasteiger partial charge in [0.2, 0.25) is 0 Å². The molecule has 3 heterocycles. The van der Waals surface area contributed by atoms with E-state index in [0.29, 0.717) is 17.6 Å². The van der Waals surface area contributed by atoms with Crippen LogP contribution >= 0.6 is 0 Å². The average molecular weight is 332 g/mol. The highest BCUT2D eigenvalue weighted by Crippen LogP contribution is 2.44. The number of hydrogen-bond acceptors (Lipinski definition) is 4. The van der Waals surface area contributed by atoms with Gasteiger partial charge in [0.05, 0.1) is 25.3 Å². The first-order chi connectivity index (χ1) is 11.7. The van der Waals surface area contributed by atoms with Crippen molar-refractivity contribution in [2.75, 3.05) is 26.3 Å². The molecule has 2 bridgehead atoms. The van der Waals surface area contributed by atoms with Gasteiger partial charge >= 0.3 is 5.97 Å². The molecular weight excluding hydrogens is 306 g/mol. The number of hydrogen-bond donors (Lipinski definition) is 1. The second-order valence-corrected chi connectivity index (χ2v) is 7.39.